The Morgan fingerprint density at radius 2 is 1.95 bits per heavy atom. The van der Waals surface area contributed by atoms with Crippen LogP contribution in [0.4, 0.5) is 4.39 Å². The molecule has 0 N–H and O–H groups in total. The number of benzene rings is 1. The molecule has 0 nitrogen and oxygen atoms in total. The first-order valence-corrected chi connectivity index (χ1v) is 7.81. The molecule has 0 amide bonds. The van der Waals surface area contributed by atoms with Gasteiger partial charge in [0.2, 0.25) is 0 Å². The lowest BCUT2D eigenvalue weighted by molar-refractivity contribution is 0.480. The molecule has 22 heavy (non-hydrogen) atoms. The van der Waals surface area contributed by atoms with E-state index in [-0.39, 0.29) is 11.7 Å². The van der Waals surface area contributed by atoms with Crippen molar-refractivity contribution in [2.75, 3.05) is 0 Å². The molecule has 1 aliphatic rings. The summed E-state index contributed by atoms with van der Waals surface area (Å²) in [5.41, 5.74) is 5.75. The average molecular weight is 296 g/mol. The summed E-state index contributed by atoms with van der Waals surface area (Å²) < 4.78 is 14.6. The average Bonchev–Trinajstić information content (AvgIpc) is 2.48. The smallest absolute Gasteiger partial charge is 0.133 e. The van der Waals surface area contributed by atoms with Gasteiger partial charge in [-0.15, -0.1) is 0 Å². The monoisotopic (exact) mass is 296 g/mol. The lowest BCUT2D eigenvalue weighted by Gasteiger charge is -2.33. The maximum absolute atomic E-state index is 14.6. The lowest BCUT2D eigenvalue weighted by Crippen LogP contribution is -2.19. The Hall–Kier alpha value is -1.89. The van der Waals surface area contributed by atoms with Crippen LogP contribution in [0.5, 0.6) is 0 Å². The van der Waals surface area contributed by atoms with Crippen molar-refractivity contribution in [3.05, 3.63) is 71.1 Å². The maximum Gasteiger partial charge on any atom is 0.133 e. The molecule has 2 rings (SSSR count). The number of halogens is 1. The standard InChI is InChI=1S/C21H25F/c1-7-16-12-15(6)21(22)17(8-2)20(16)19-11-14(5)9-10-18(19)13(3)4/h7-8,11-12,18-19H,1-3,9-10H2,4-6H3/t18-,19?/m0/s1. The minimum atomic E-state index is -0.173. The Bertz CT molecular complexity index is 661. The molecule has 0 heterocycles. The van der Waals surface area contributed by atoms with Crippen LogP contribution in [0.3, 0.4) is 0 Å². The summed E-state index contributed by atoms with van der Waals surface area (Å²) in [6, 6.07) is 1.89. The number of hydrogen-bond donors (Lipinski definition) is 0. The molecular formula is C21H25F. The summed E-state index contributed by atoms with van der Waals surface area (Å²) >= 11 is 0. The normalized spacial score (nSPS) is 21.2. The summed E-state index contributed by atoms with van der Waals surface area (Å²) in [7, 11) is 0. The minimum Gasteiger partial charge on any atom is -0.206 e. The third-order valence-corrected chi connectivity index (χ3v) is 4.69. The van der Waals surface area contributed by atoms with E-state index >= 15 is 0 Å². The van der Waals surface area contributed by atoms with Crippen LogP contribution in [-0.4, -0.2) is 0 Å². The molecule has 0 spiro atoms. The van der Waals surface area contributed by atoms with Crippen molar-refractivity contribution in [2.45, 2.75) is 39.5 Å². The van der Waals surface area contributed by atoms with Gasteiger partial charge in [0.05, 0.1) is 0 Å². The zero-order valence-corrected chi connectivity index (χ0v) is 13.9. The number of rotatable bonds is 4. The van der Waals surface area contributed by atoms with E-state index in [1.165, 1.54) is 5.57 Å². The SMILES string of the molecule is C=Cc1cc(C)c(F)c(C=C)c1C1C=C(C)CC[C@H]1C(=C)C. The fraction of sp³-hybridized carbons (Fsp3) is 0.333. The Kier molecular flexibility index (Phi) is 4.85. The van der Waals surface area contributed by atoms with Gasteiger partial charge in [0.1, 0.15) is 5.82 Å². The molecule has 116 valence electrons. The Morgan fingerprint density at radius 1 is 1.27 bits per heavy atom. The third kappa shape index (κ3) is 2.85. The van der Waals surface area contributed by atoms with E-state index < -0.39 is 0 Å². The highest BCUT2D eigenvalue weighted by Gasteiger charge is 2.29. The van der Waals surface area contributed by atoms with Crippen molar-refractivity contribution < 1.29 is 4.39 Å². The van der Waals surface area contributed by atoms with Gasteiger partial charge in [-0.05, 0) is 62.3 Å². The molecule has 0 radical (unpaired) electrons. The first-order valence-electron chi connectivity index (χ1n) is 7.81. The van der Waals surface area contributed by atoms with Gasteiger partial charge in [0.25, 0.3) is 0 Å². The molecule has 0 aromatic heterocycles. The van der Waals surface area contributed by atoms with E-state index in [0.717, 1.165) is 29.5 Å². The zero-order valence-electron chi connectivity index (χ0n) is 13.9. The predicted molar refractivity (Wildman–Crippen MR) is 95.4 cm³/mol. The van der Waals surface area contributed by atoms with Crippen LogP contribution in [0, 0.1) is 18.7 Å². The van der Waals surface area contributed by atoms with Crippen LogP contribution in [0.1, 0.15) is 54.9 Å². The van der Waals surface area contributed by atoms with Gasteiger partial charge in [0, 0.05) is 11.5 Å². The van der Waals surface area contributed by atoms with E-state index in [9.17, 15) is 4.39 Å². The molecule has 0 fully saturated rings. The van der Waals surface area contributed by atoms with Crippen molar-refractivity contribution in [1.29, 1.82) is 0 Å². The molecule has 1 aliphatic carbocycles. The summed E-state index contributed by atoms with van der Waals surface area (Å²) in [4.78, 5) is 0. The highest BCUT2D eigenvalue weighted by molar-refractivity contribution is 5.66. The van der Waals surface area contributed by atoms with E-state index in [1.54, 1.807) is 13.0 Å². The number of allylic oxidation sites excluding steroid dienone is 3. The molecule has 1 aromatic carbocycles. The van der Waals surface area contributed by atoms with Gasteiger partial charge in [-0.1, -0.05) is 49.1 Å². The first kappa shape index (κ1) is 16.5. The highest BCUT2D eigenvalue weighted by atomic mass is 19.1. The second-order valence-corrected chi connectivity index (χ2v) is 6.36. The molecule has 0 aliphatic heterocycles. The lowest BCUT2D eigenvalue weighted by atomic mass is 9.71. The maximum atomic E-state index is 14.6. The molecule has 0 bridgehead atoms. The van der Waals surface area contributed by atoms with Gasteiger partial charge in [0.15, 0.2) is 0 Å². The Balaban J connectivity index is 2.75. The predicted octanol–water partition coefficient (Wildman–Crippen LogP) is 6.44. The van der Waals surface area contributed by atoms with E-state index in [0.29, 0.717) is 17.0 Å². The number of aryl methyl sites for hydroxylation is 1. The largest absolute Gasteiger partial charge is 0.206 e. The molecular weight excluding hydrogens is 271 g/mol. The summed E-state index contributed by atoms with van der Waals surface area (Å²) in [6.45, 7) is 17.9. The highest BCUT2D eigenvalue weighted by Crippen LogP contribution is 2.43. The van der Waals surface area contributed by atoms with E-state index in [2.05, 4.69) is 39.7 Å². The first-order chi connectivity index (χ1) is 10.4. The number of hydrogen-bond acceptors (Lipinski definition) is 0. The summed E-state index contributed by atoms with van der Waals surface area (Å²) in [5.74, 6) is 0.304. The minimum absolute atomic E-state index is 0.141. The molecule has 1 unspecified atom stereocenters. The Morgan fingerprint density at radius 3 is 2.50 bits per heavy atom. The molecule has 2 atom stereocenters. The third-order valence-electron chi connectivity index (χ3n) is 4.69. The van der Waals surface area contributed by atoms with Crippen LogP contribution >= 0.6 is 0 Å². The van der Waals surface area contributed by atoms with Gasteiger partial charge in [-0.3, -0.25) is 0 Å². The summed E-state index contributed by atoms with van der Waals surface area (Å²) in [6.07, 6.45) is 7.87. The topological polar surface area (TPSA) is 0 Å². The van der Waals surface area contributed by atoms with Crippen LogP contribution in [-0.2, 0) is 0 Å². The van der Waals surface area contributed by atoms with Crippen molar-refractivity contribution in [1.82, 2.24) is 0 Å². The second-order valence-electron chi connectivity index (χ2n) is 6.36. The van der Waals surface area contributed by atoms with Gasteiger partial charge < -0.3 is 0 Å². The molecule has 0 saturated heterocycles. The second kappa shape index (κ2) is 6.48. The quantitative estimate of drug-likeness (QED) is 0.561. The van der Waals surface area contributed by atoms with Crippen LogP contribution in [0.2, 0.25) is 0 Å². The van der Waals surface area contributed by atoms with Gasteiger partial charge in [-0.25, -0.2) is 4.39 Å². The Labute approximate surface area is 133 Å². The van der Waals surface area contributed by atoms with Crippen LogP contribution < -0.4 is 0 Å². The van der Waals surface area contributed by atoms with E-state index in [1.807, 2.05) is 12.1 Å². The van der Waals surface area contributed by atoms with Gasteiger partial charge in [-0.2, -0.15) is 0 Å². The molecule has 1 aromatic rings. The van der Waals surface area contributed by atoms with Crippen molar-refractivity contribution in [3.8, 4) is 0 Å². The zero-order chi connectivity index (χ0) is 16.4. The fourth-order valence-corrected chi connectivity index (χ4v) is 3.51. The van der Waals surface area contributed by atoms with Crippen molar-refractivity contribution in [3.63, 3.8) is 0 Å². The van der Waals surface area contributed by atoms with Gasteiger partial charge >= 0.3 is 0 Å². The molecule has 0 saturated carbocycles. The van der Waals surface area contributed by atoms with Crippen molar-refractivity contribution >= 4 is 12.2 Å². The molecule has 1 heteroatoms. The van der Waals surface area contributed by atoms with Crippen LogP contribution in [0.25, 0.3) is 12.2 Å². The summed E-state index contributed by atoms with van der Waals surface area (Å²) in [5, 5.41) is 0. The van der Waals surface area contributed by atoms with E-state index in [4.69, 9.17) is 0 Å². The van der Waals surface area contributed by atoms with Crippen molar-refractivity contribution in [2.24, 2.45) is 5.92 Å². The fourth-order valence-electron chi connectivity index (χ4n) is 3.51. The van der Waals surface area contributed by atoms with Crippen LogP contribution in [0.15, 0.2) is 43.0 Å².